The van der Waals surface area contributed by atoms with Crippen molar-refractivity contribution in [2.24, 2.45) is 10.7 Å². The molecule has 1 amide bonds. The molecule has 2 aliphatic heterocycles. The van der Waals surface area contributed by atoms with Crippen molar-refractivity contribution in [3.8, 4) is 0 Å². The van der Waals surface area contributed by atoms with Crippen LogP contribution in [-0.2, 0) is 9.47 Å². The normalized spacial score (nSPS) is 23.1. The largest absolute Gasteiger partial charge is 0.450 e. The molecule has 0 saturated carbocycles. The smallest absolute Gasteiger partial charge is 0.409 e. The summed E-state index contributed by atoms with van der Waals surface area (Å²) in [5, 5.41) is 3.27. The number of hydrogen-bond donors (Lipinski definition) is 2. The summed E-state index contributed by atoms with van der Waals surface area (Å²) in [5.74, 6) is 0.508. The number of nitrogens with two attached hydrogens (primary N) is 1. The van der Waals surface area contributed by atoms with E-state index in [1.165, 1.54) is 19.3 Å². The van der Waals surface area contributed by atoms with Crippen LogP contribution in [0, 0.1) is 0 Å². The molecule has 7 heteroatoms. The first-order valence-corrected chi connectivity index (χ1v) is 9.28. The number of nitrogens with one attached hydrogen (secondary N) is 1. The van der Waals surface area contributed by atoms with Gasteiger partial charge in [-0.05, 0) is 51.9 Å². The predicted molar refractivity (Wildman–Crippen MR) is 94.1 cm³/mol. The number of hydrogen-bond acceptors (Lipinski definition) is 4. The third kappa shape index (κ3) is 6.55. The van der Waals surface area contributed by atoms with Gasteiger partial charge in [-0.3, -0.25) is 4.99 Å². The van der Waals surface area contributed by atoms with Crippen LogP contribution in [0.1, 0.15) is 51.9 Å². The molecular formula is C17H32N4O3. The number of likely N-dealkylation sites (tertiary alicyclic amines) is 1. The number of rotatable bonds is 6. The minimum absolute atomic E-state index is 0.220. The first-order chi connectivity index (χ1) is 11.7. The van der Waals surface area contributed by atoms with E-state index in [4.69, 9.17) is 15.2 Å². The van der Waals surface area contributed by atoms with E-state index in [0.717, 1.165) is 38.8 Å². The second-order valence-corrected chi connectivity index (χ2v) is 6.50. The third-order valence-corrected chi connectivity index (χ3v) is 4.61. The zero-order valence-corrected chi connectivity index (χ0v) is 14.8. The Hall–Kier alpha value is -1.50. The topological polar surface area (TPSA) is 89.2 Å². The van der Waals surface area contributed by atoms with Crippen LogP contribution in [0.25, 0.3) is 0 Å². The molecule has 0 aromatic carbocycles. The monoisotopic (exact) mass is 340 g/mol. The fourth-order valence-electron chi connectivity index (χ4n) is 3.23. The zero-order chi connectivity index (χ0) is 17.2. The van der Waals surface area contributed by atoms with E-state index in [0.29, 0.717) is 31.8 Å². The molecule has 2 aliphatic rings. The Bertz CT molecular complexity index is 403. The number of piperidine rings is 1. The Labute approximate surface area is 145 Å². The lowest BCUT2D eigenvalue weighted by molar-refractivity contribution is 0.0105. The number of ether oxygens (including phenoxy) is 2. The summed E-state index contributed by atoms with van der Waals surface area (Å²) in [7, 11) is 0. The average Bonchev–Trinajstić information content (AvgIpc) is 2.60. The fraction of sp³-hybridized carbons (Fsp3) is 0.882. The summed E-state index contributed by atoms with van der Waals surface area (Å²) < 4.78 is 10.7. The summed E-state index contributed by atoms with van der Waals surface area (Å²) in [4.78, 5) is 17.8. The summed E-state index contributed by atoms with van der Waals surface area (Å²) in [6.45, 7) is 5.28. The van der Waals surface area contributed by atoms with Crippen LogP contribution >= 0.6 is 0 Å². The maximum absolute atomic E-state index is 11.7. The first kappa shape index (κ1) is 18.8. The Morgan fingerprint density at radius 1 is 1.33 bits per heavy atom. The maximum atomic E-state index is 11.7. The minimum atomic E-state index is -0.220. The van der Waals surface area contributed by atoms with Gasteiger partial charge in [-0.25, -0.2) is 4.79 Å². The highest BCUT2D eigenvalue weighted by molar-refractivity contribution is 5.78. The molecular weight excluding hydrogens is 308 g/mol. The van der Waals surface area contributed by atoms with E-state index in [1.54, 1.807) is 4.90 Å². The average molecular weight is 340 g/mol. The predicted octanol–water partition coefficient (Wildman–Crippen LogP) is 1.86. The Balaban J connectivity index is 1.58. The van der Waals surface area contributed by atoms with Crippen molar-refractivity contribution < 1.29 is 14.3 Å². The molecule has 3 N–H and O–H groups in total. The summed E-state index contributed by atoms with van der Waals surface area (Å²) in [5.41, 5.74) is 5.97. The zero-order valence-electron chi connectivity index (χ0n) is 14.8. The van der Waals surface area contributed by atoms with Crippen molar-refractivity contribution in [3.63, 3.8) is 0 Å². The van der Waals surface area contributed by atoms with E-state index in [-0.39, 0.29) is 12.1 Å². The Morgan fingerprint density at radius 3 is 2.79 bits per heavy atom. The Morgan fingerprint density at radius 2 is 2.12 bits per heavy atom. The van der Waals surface area contributed by atoms with Crippen molar-refractivity contribution in [1.29, 1.82) is 0 Å². The van der Waals surface area contributed by atoms with Gasteiger partial charge in [0, 0.05) is 32.3 Å². The lowest BCUT2D eigenvalue weighted by Crippen LogP contribution is -2.48. The molecule has 1 unspecified atom stereocenters. The quantitative estimate of drug-likeness (QED) is 0.438. The highest BCUT2D eigenvalue weighted by Crippen LogP contribution is 2.16. The molecule has 0 aromatic heterocycles. The van der Waals surface area contributed by atoms with Crippen LogP contribution < -0.4 is 11.1 Å². The van der Waals surface area contributed by atoms with Crippen LogP contribution in [0.2, 0.25) is 0 Å². The van der Waals surface area contributed by atoms with Crippen molar-refractivity contribution in [3.05, 3.63) is 0 Å². The van der Waals surface area contributed by atoms with Gasteiger partial charge >= 0.3 is 6.09 Å². The second kappa shape index (κ2) is 10.4. The van der Waals surface area contributed by atoms with Gasteiger partial charge in [0.25, 0.3) is 0 Å². The van der Waals surface area contributed by atoms with Crippen LogP contribution in [-0.4, -0.2) is 61.9 Å². The second-order valence-electron chi connectivity index (χ2n) is 6.50. The fourth-order valence-corrected chi connectivity index (χ4v) is 3.23. The van der Waals surface area contributed by atoms with Crippen molar-refractivity contribution in [2.75, 3.05) is 32.8 Å². The number of guanidine groups is 1. The van der Waals surface area contributed by atoms with Crippen LogP contribution in [0.4, 0.5) is 4.79 Å². The summed E-state index contributed by atoms with van der Waals surface area (Å²) in [6, 6.07) is 0.279. The van der Waals surface area contributed by atoms with Crippen LogP contribution in [0.5, 0.6) is 0 Å². The van der Waals surface area contributed by atoms with Gasteiger partial charge in [0.15, 0.2) is 5.96 Å². The molecule has 0 bridgehead atoms. The third-order valence-electron chi connectivity index (χ3n) is 4.61. The number of nitrogens with zero attached hydrogens (tertiary/aromatic N) is 2. The van der Waals surface area contributed by atoms with E-state index in [2.05, 4.69) is 10.3 Å². The molecule has 2 fully saturated rings. The van der Waals surface area contributed by atoms with E-state index in [1.807, 2.05) is 6.92 Å². The number of carbonyl (C=O) groups excluding carboxylic acids is 1. The van der Waals surface area contributed by atoms with Crippen molar-refractivity contribution in [2.45, 2.75) is 64.0 Å². The molecule has 2 saturated heterocycles. The van der Waals surface area contributed by atoms with E-state index < -0.39 is 0 Å². The SMILES string of the molecule is CCOC(=O)N1CCC(NC(N)=NCCCC2CCCCO2)CC1. The Kier molecular flexibility index (Phi) is 8.15. The highest BCUT2D eigenvalue weighted by atomic mass is 16.6. The van der Waals surface area contributed by atoms with Crippen molar-refractivity contribution in [1.82, 2.24) is 10.2 Å². The maximum Gasteiger partial charge on any atom is 0.409 e. The molecule has 7 nitrogen and oxygen atoms in total. The number of amides is 1. The van der Waals surface area contributed by atoms with Gasteiger partial charge in [-0.1, -0.05) is 0 Å². The highest BCUT2D eigenvalue weighted by Gasteiger charge is 2.23. The van der Waals surface area contributed by atoms with Gasteiger partial charge in [-0.15, -0.1) is 0 Å². The van der Waals surface area contributed by atoms with Crippen LogP contribution in [0.15, 0.2) is 4.99 Å². The molecule has 1 atom stereocenters. The number of aliphatic imine (C=N–C) groups is 1. The van der Waals surface area contributed by atoms with E-state index >= 15 is 0 Å². The van der Waals surface area contributed by atoms with Gasteiger partial charge in [0.1, 0.15) is 0 Å². The van der Waals surface area contributed by atoms with Crippen LogP contribution in [0.3, 0.4) is 0 Å². The molecule has 0 aliphatic carbocycles. The van der Waals surface area contributed by atoms with Gasteiger partial charge < -0.3 is 25.4 Å². The van der Waals surface area contributed by atoms with Gasteiger partial charge in [0.05, 0.1) is 12.7 Å². The molecule has 24 heavy (non-hydrogen) atoms. The number of carbonyl (C=O) groups is 1. The summed E-state index contributed by atoms with van der Waals surface area (Å²) in [6.07, 6.45) is 7.65. The first-order valence-electron chi connectivity index (χ1n) is 9.28. The lowest BCUT2D eigenvalue weighted by Gasteiger charge is -2.31. The van der Waals surface area contributed by atoms with Crippen molar-refractivity contribution >= 4 is 12.1 Å². The molecule has 2 rings (SSSR count). The molecule has 0 radical (unpaired) electrons. The molecule has 138 valence electrons. The lowest BCUT2D eigenvalue weighted by atomic mass is 10.0. The molecule has 0 aromatic rings. The molecule has 2 heterocycles. The van der Waals surface area contributed by atoms with E-state index in [9.17, 15) is 4.79 Å². The standard InChI is InChI=1S/C17H32N4O3/c1-2-23-17(22)21-11-8-14(9-12-21)20-16(18)19-10-5-7-15-6-3-4-13-24-15/h14-15H,2-13H2,1H3,(H3,18,19,20). The van der Waals surface area contributed by atoms with Gasteiger partial charge in [-0.2, -0.15) is 0 Å². The molecule has 0 spiro atoms. The summed E-state index contributed by atoms with van der Waals surface area (Å²) >= 11 is 0. The minimum Gasteiger partial charge on any atom is -0.450 e. The van der Waals surface area contributed by atoms with Gasteiger partial charge in [0.2, 0.25) is 0 Å².